The fraction of sp³-hybridized carbons (Fsp3) is 0.500. The normalized spacial score (nSPS) is 10.2. The summed E-state index contributed by atoms with van der Waals surface area (Å²) in [6, 6.07) is 1.93. The van der Waals surface area contributed by atoms with Crippen molar-refractivity contribution in [3.8, 4) is 5.75 Å². The highest BCUT2D eigenvalue weighted by Crippen LogP contribution is 2.16. The highest BCUT2D eigenvalue weighted by atomic mass is 16.5. The zero-order chi connectivity index (χ0) is 12.3. The zero-order valence-corrected chi connectivity index (χ0v) is 10.6. The van der Waals surface area contributed by atoms with Crippen LogP contribution in [0.5, 0.6) is 5.75 Å². The van der Waals surface area contributed by atoms with Crippen LogP contribution >= 0.6 is 0 Å². The molecule has 0 atom stereocenters. The second-order valence-electron chi connectivity index (χ2n) is 3.94. The van der Waals surface area contributed by atoms with Crippen molar-refractivity contribution in [3.63, 3.8) is 0 Å². The summed E-state index contributed by atoms with van der Waals surface area (Å²) in [5.41, 5.74) is 1.12. The van der Waals surface area contributed by atoms with Gasteiger partial charge in [-0.3, -0.25) is 4.98 Å². The molecule has 0 radical (unpaired) electrons. The third-order valence-corrected chi connectivity index (χ3v) is 2.41. The summed E-state index contributed by atoms with van der Waals surface area (Å²) in [4.78, 5) is 4.13. The Morgan fingerprint density at radius 2 is 2.41 bits per heavy atom. The molecule has 0 aromatic carbocycles. The molecule has 0 spiro atoms. The van der Waals surface area contributed by atoms with Crippen molar-refractivity contribution in [2.45, 2.75) is 32.7 Å². The second-order valence-corrected chi connectivity index (χ2v) is 3.94. The van der Waals surface area contributed by atoms with Gasteiger partial charge >= 0.3 is 0 Å². The maximum Gasteiger partial charge on any atom is 0.126 e. The van der Waals surface area contributed by atoms with E-state index in [1.807, 2.05) is 18.3 Å². The van der Waals surface area contributed by atoms with Crippen LogP contribution in [0.2, 0.25) is 0 Å². The van der Waals surface area contributed by atoms with Crippen molar-refractivity contribution in [2.75, 3.05) is 13.2 Å². The lowest BCUT2D eigenvalue weighted by Gasteiger charge is -2.11. The first-order valence-electron chi connectivity index (χ1n) is 6.25. The molecule has 0 aliphatic heterocycles. The van der Waals surface area contributed by atoms with E-state index in [4.69, 9.17) is 4.74 Å². The van der Waals surface area contributed by atoms with E-state index >= 15 is 0 Å². The summed E-state index contributed by atoms with van der Waals surface area (Å²) >= 11 is 0. The Morgan fingerprint density at radius 1 is 1.53 bits per heavy atom. The summed E-state index contributed by atoms with van der Waals surface area (Å²) in [6.07, 6.45) is 8.69. The second kappa shape index (κ2) is 8.76. The highest BCUT2D eigenvalue weighted by molar-refractivity contribution is 5.29. The smallest absolute Gasteiger partial charge is 0.126 e. The summed E-state index contributed by atoms with van der Waals surface area (Å²) in [5.74, 6) is 0.938. The van der Waals surface area contributed by atoms with Crippen LogP contribution in [0.15, 0.2) is 31.1 Å². The van der Waals surface area contributed by atoms with Gasteiger partial charge in [-0.15, -0.1) is 6.58 Å². The van der Waals surface area contributed by atoms with E-state index in [0.29, 0.717) is 0 Å². The average Bonchev–Trinajstić information content (AvgIpc) is 2.36. The largest absolute Gasteiger partial charge is 0.493 e. The number of hydrogen-bond acceptors (Lipinski definition) is 3. The van der Waals surface area contributed by atoms with E-state index in [1.54, 1.807) is 6.20 Å². The maximum atomic E-state index is 5.74. The Labute approximate surface area is 104 Å². The van der Waals surface area contributed by atoms with Gasteiger partial charge in [0.05, 0.1) is 6.61 Å². The number of unbranched alkanes of at least 4 members (excludes halogenated alkanes) is 1. The number of ether oxygens (including phenoxy) is 1. The third-order valence-electron chi connectivity index (χ3n) is 2.41. The molecule has 3 nitrogen and oxygen atoms in total. The van der Waals surface area contributed by atoms with Crippen molar-refractivity contribution in [1.82, 2.24) is 10.3 Å². The van der Waals surface area contributed by atoms with Crippen molar-refractivity contribution < 1.29 is 4.74 Å². The summed E-state index contributed by atoms with van der Waals surface area (Å²) in [5, 5.41) is 3.36. The lowest BCUT2D eigenvalue weighted by Crippen LogP contribution is -2.15. The number of allylic oxidation sites excluding steroid dienone is 1. The van der Waals surface area contributed by atoms with Gasteiger partial charge in [0.15, 0.2) is 0 Å². The molecule has 0 fully saturated rings. The predicted octanol–water partition coefficient (Wildman–Crippen LogP) is 2.93. The van der Waals surface area contributed by atoms with Crippen molar-refractivity contribution in [1.29, 1.82) is 0 Å². The van der Waals surface area contributed by atoms with Gasteiger partial charge in [-0.25, -0.2) is 0 Å². The van der Waals surface area contributed by atoms with Crippen LogP contribution in [0, 0.1) is 0 Å². The first-order chi connectivity index (χ1) is 8.38. The predicted molar refractivity (Wildman–Crippen MR) is 71.2 cm³/mol. The van der Waals surface area contributed by atoms with Crippen LogP contribution < -0.4 is 10.1 Å². The SMILES string of the molecule is C=CCCCOc1ccncc1CNCCC. The van der Waals surface area contributed by atoms with Gasteiger partial charge in [-0.2, -0.15) is 0 Å². The Balaban J connectivity index is 2.42. The number of rotatable bonds is 9. The topological polar surface area (TPSA) is 34.1 Å². The van der Waals surface area contributed by atoms with E-state index in [0.717, 1.165) is 50.3 Å². The molecule has 3 heteroatoms. The minimum atomic E-state index is 0.733. The molecule has 0 saturated heterocycles. The Bertz CT molecular complexity index is 326. The molecule has 1 heterocycles. The molecular formula is C14H22N2O. The number of nitrogens with zero attached hydrogens (tertiary/aromatic N) is 1. The summed E-state index contributed by atoms with van der Waals surface area (Å²) < 4.78 is 5.74. The van der Waals surface area contributed by atoms with Crippen molar-refractivity contribution >= 4 is 0 Å². The monoisotopic (exact) mass is 234 g/mol. The van der Waals surface area contributed by atoms with E-state index in [1.165, 1.54) is 0 Å². The van der Waals surface area contributed by atoms with Crippen LogP contribution in [-0.2, 0) is 6.54 Å². The van der Waals surface area contributed by atoms with Gasteiger partial charge in [0, 0.05) is 24.5 Å². The minimum Gasteiger partial charge on any atom is -0.493 e. The van der Waals surface area contributed by atoms with E-state index < -0.39 is 0 Å². The molecule has 0 bridgehead atoms. The van der Waals surface area contributed by atoms with Gasteiger partial charge in [-0.05, 0) is 31.9 Å². The van der Waals surface area contributed by atoms with Gasteiger partial charge < -0.3 is 10.1 Å². The van der Waals surface area contributed by atoms with Crippen molar-refractivity contribution in [2.24, 2.45) is 0 Å². The van der Waals surface area contributed by atoms with Crippen LogP contribution in [0.4, 0.5) is 0 Å². The Kier molecular flexibility index (Phi) is 7.07. The zero-order valence-electron chi connectivity index (χ0n) is 10.6. The van der Waals surface area contributed by atoms with Gasteiger partial charge in [0.1, 0.15) is 5.75 Å². The number of aromatic nitrogens is 1. The number of nitrogens with one attached hydrogen (secondary N) is 1. The Hall–Kier alpha value is -1.35. The molecule has 1 rings (SSSR count). The Morgan fingerprint density at radius 3 is 3.18 bits per heavy atom. The van der Waals surface area contributed by atoms with E-state index in [-0.39, 0.29) is 0 Å². The molecule has 17 heavy (non-hydrogen) atoms. The first-order valence-corrected chi connectivity index (χ1v) is 6.25. The average molecular weight is 234 g/mol. The molecular weight excluding hydrogens is 212 g/mol. The minimum absolute atomic E-state index is 0.733. The van der Waals surface area contributed by atoms with E-state index in [9.17, 15) is 0 Å². The van der Waals surface area contributed by atoms with Crippen LogP contribution in [-0.4, -0.2) is 18.1 Å². The first kappa shape index (κ1) is 13.7. The molecule has 1 aromatic rings. The molecule has 0 aliphatic carbocycles. The molecule has 0 aliphatic rings. The third kappa shape index (κ3) is 5.50. The molecule has 0 saturated carbocycles. The molecule has 0 amide bonds. The lowest BCUT2D eigenvalue weighted by molar-refractivity contribution is 0.308. The van der Waals surface area contributed by atoms with Crippen LogP contribution in [0.25, 0.3) is 0 Å². The quantitative estimate of drug-likeness (QED) is 0.527. The van der Waals surface area contributed by atoms with Crippen molar-refractivity contribution in [3.05, 3.63) is 36.7 Å². The van der Waals surface area contributed by atoms with Crippen LogP contribution in [0.3, 0.4) is 0 Å². The van der Waals surface area contributed by atoms with E-state index in [2.05, 4.69) is 23.8 Å². The fourth-order valence-electron chi connectivity index (χ4n) is 1.50. The van der Waals surface area contributed by atoms with Crippen LogP contribution in [0.1, 0.15) is 31.7 Å². The summed E-state index contributed by atoms with van der Waals surface area (Å²) in [6.45, 7) is 8.42. The standard InChI is InChI=1S/C14H22N2O/c1-3-5-6-10-17-14-7-9-16-12-13(14)11-15-8-4-2/h3,7,9,12,15H,1,4-6,8,10-11H2,2H3. The van der Waals surface area contributed by atoms with Gasteiger partial charge in [-0.1, -0.05) is 13.0 Å². The fourth-order valence-corrected chi connectivity index (χ4v) is 1.50. The van der Waals surface area contributed by atoms with Gasteiger partial charge in [0.25, 0.3) is 0 Å². The number of pyridine rings is 1. The molecule has 94 valence electrons. The highest BCUT2D eigenvalue weighted by Gasteiger charge is 2.02. The summed E-state index contributed by atoms with van der Waals surface area (Å²) in [7, 11) is 0. The molecule has 1 N–H and O–H groups in total. The lowest BCUT2D eigenvalue weighted by atomic mass is 10.2. The maximum absolute atomic E-state index is 5.74. The number of hydrogen-bond donors (Lipinski definition) is 1. The van der Waals surface area contributed by atoms with Gasteiger partial charge in [0.2, 0.25) is 0 Å². The molecule has 1 aromatic heterocycles. The molecule has 0 unspecified atom stereocenters.